The predicted molar refractivity (Wildman–Crippen MR) is 150 cm³/mol. The lowest BCUT2D eigenvalue weighted by Crippen LogP contribution is -2.71. The normalized spacial score (nSPS) is 22.2. The predicted octanol–water partition coefficient (Wildman–Crippen LogP) is 1.83. The minimum atomic E-state index is -1.16. The second-order valence-corrected chi connectivity index (χ2v) is 12.2. The van der Waals surface area contributed by atoms with Gasteiger partial charge in [0.25, 0.3) is 0 Å². The van der Waals surface area contributed by atoms with Gasteiger partial charge in [-0.1, -0.05) is 42.0 Å². The van der Waals surface area contributed by atoms with Gasteiger partial charge in [-0.05, 0) is 44.0 Å². The van der Waals surface area contributed by atoms with Crippen molar-refractivity contribution in [2.45, 2.75) is 68.4 Å². The molecule has 2 aromatic carbocycles. The number of hydrogen-bond acceptors (Lipinski definition) is 7. The van der Waals surface area contributed by atoms with Crippen LogP contribution in [0.2, 0.25) is 0 Å². The number of phenols is 1. The summed E-state index contributed by atoms with van der Waals surface area (Å²) in [5.74, 6) is -2.39. The molecule has 0 bridgehead atoms. The lowest BCUT2D eigenvalue weighted by Gasteiger charge is -2.44. The summed E-state index contributed by atoms with van der Waals surface area (Å²) in [6.07, 6.45) is 0.163. The number of phenolic OH excluding ortho intramolecular Hbond substituents is 1. The van der Waals surface area contributed by atoms with E-state index >= 15 is 0 Å². The Balaban J connectivity index is 1.40. The van der Waals surface area contributed by atoms with Crippen molar-refractivity contribution in [1.82, 2.24) is 15.5 Å². The number of rotatable bonds is 10. The molecule has 0 radical (unpaired) electrons. The number of nitrogens with one attached hydrogen (secondary N) is 2. The number of thioether (sulfide) groups is 1. The number of carboxylic acids is 1. The van der Waals surface area contributed by atoms with Gasteiger partial charge in [-0.15, -0.1) is 11.8 Å². The van der Waals surface area contributed by atoms with Gasteiger partial charge < -0.3 is 31.5 Å². The fourth-order valence-corrected chi connectivity index (χ4v) is 6.41. The molecular weight excluding hydrogens is 534 g/mol. The zero-order valence-corrected chi connectivity index (χ0v) is 23.3. The van der Waals surface area contributed by atoms with E-state index in [1.807, 2.05) is 31.2 Å². The number of aliphatic imine (C=N–C) groups is 1. The third kappa shape index (κ3) is 6.22. The number of aromatic hydroxyl groups is 1. The number of fused-ring (bicyclic) bond motifs is 1. The Hall–Kier alpha value is -4.06. The van der Waals surface area contributed by atoms with Crippen molar-refractivity contribution in [2.75, 3.05) is 0 Å². The van der Waals surface area contributed by atoms with Gasteiger partial charge in [-0.2, -0.15) is 0 Å². The number of nitrogens with zero attached hydrogens (tertiary/aromatic N) is 2. The molecule has 3 amide bonds. The fraction of sp³-hybridized carbons (Fsp3) is 0.393. The molecule has 1 unspecified atom stereocenters. The molecule has 2 aliphatic rings. The number of benzene rings is 2. The molecule has 12 heteroatoms. The van der Waals surface area contributed by atoms with Gasteiger partial charge >= 0.3 is 5.97 Å². The lowest BCUT2D eigenvalue weighted by molar-refractivity contribution is -0.161. The topological polar surface area (TPSA) is 174 Å². The minimum Gasteiger partial charge on any atom is -0.508 e. The quantitative estimate of drug-likeness (QED) is 0.164. The highest BCUT2D eigenvalue weighted by atomic mass is 32.2. The van der Waals surface area contributed by atoms with Crippen LogP contribution >= 0.6 is 11.8 Å². The van der Waals surface area contributed by atoms with Gasteiger partial charge in [-0.3, -0.25) is 19.4 Å². The van der Waals surface area contributed by atoms with Crippen molar-refractivity contribution in [3.05, 3.63) is 65.2 Å². The minimum absolute atomic E-state index is 0.0130. The van der Waals surface area contributed by atoms with E-state index in [9.17, 15) is 29.4 Å². The van der Waals surface area contributed by atoms with Crippen LogP contribution < -0.4 is 16.4 Å². The number of β-lactam (4-membered cyclic amide) rings is 1. The first-order chi connectivity index (χ1) is 18.9. The van der Waals surface area contributed by atoms with E-state index in [4.69, 9.17) is 5.73 Å². The van der Waals surface area contributed by atoms with Gasteiger partial charge in [0.1, 0.15) is 29.2 Å². The Morgan fingerprint density at radius 2 is 1.75 bits per heavy atom. The zero-order valence-electron chi connectivity index (χ0n) is 22.5. The van der Waals surface area contributed by atoms with Crippen LogP contribution in [0, 0.1) is 6.92 Å². The molecule has 2 saturated heterocycles. The molecule has 40 heavy (non-hydrogen) atoms. The average molecular weight is 568 g/mol. The Morgan fingerprint density at radius 3 is 2.38 bits per heavy atom. The van der Waals surface area contributed by atoms with E-state index in [0.29, 0.717) is 17.9 Å². The van der Waals surface area contributed by atoms with Gasteiger partial charge in [0.2, 0.25) is 17.7 Å². The molecule has 11 nitrogen and oxygen atoms in total. The largest absolute Gasteiger partial charge is 0.508 e. The summed E-state index contributed by atoms with van der Waals surface area (Å²) in [7, 11) is 0. The van der Waals surface area contributed by atoms with E-state index in [0.717, 1.165) is 11.1 Å². The van der Waals surface area contributed by atoms with Crippen LogP contribution in [0.15, 0.2) is 53.5 Å². The highest BCUT2D eigenvalue weighted by molar-refractivity contribution is 8.01. The summed E-state index contributed by atoms with van der Waals surface area (Å²) in [6.45, 7) is 5.87. The average Bonchev–Trinajstić information content (AvgIpc) is 3.17. The smallest absolute Gasteiger partial charge is 0.327 e. The van der Waals surface area contributed by atoms with Crippen molar-refractivity contribution >= 4 is 41.3 Å². The first kappa shape index (κ1) is 28.9. The number of aliphatic carboxylic acids is 1. The molecule has 4 atom stereocenters. The number of amides is 3. The Morgan fingerprint density at radius 1 is 1.10 bits per heavy atom. The molecule has 6 N–H and O–H groups in total. The summed E-state index contributed by atoms with van der Waals surface area (Å²) >= 11 is 1.31. The van der Waals surface area contributed by atoms with Crippen LogP contribution in [-0.4, -0.2) is 66.8 Å². The van der Waals surface area contributed by atoms with E-state index < -0.39 is 51.9 Å². The van der Waals surface area contributed by atoms with Crippen molar-refractivity contribution in [3.63, 3.8) is 0 Å². The maximum atomic E-state index is 13.4. The number of carbonyl (C=O) groups excluding carboxylic acids is 3. The van der Waals surface area contributed by atoms with Crippen LogP contribution in [0.25, 0.3) is 0 Å². The summed E-state index contributed by atoms with van der Waals surface area (Å²) in [5.41, 5.74) is 8.53. The first-order valence-electron chi connectivity index (χ1n) is 12.8. The van der Waals surface area contributed by atoms with Gasteiger partial charge in [0.05, 0.1) is 12.4 Å². The molecule has 0 aliphatic carbocycles. The highest BCUT2D eigenvalue weighted by Crippen LogP contribution is 2.50. The Labute approximate surface area is 236 Å². The van der Waals surface area contributed by atoms with E-state index in [-0.39, 0.29) is 18.6 Å². The number of amidine groups is 1. The van der Waals surface area contributed by atoms with Gasteiger partial charge in [-0.25, -0.2) is 4.79 Å². The van der Waals surface area contributed by atoms with Crippen molar-refractivity contribution in [3.8, 4) is 5.75 Å². The van der Waals surface area contributed by atoms with Gasteiger partial charge in [0, 0.05) is 17.6 Å². The molecule has 212 valence electrons. The van der Waals surface area contributed by atoms with Crippen molar-refractivity contribution < 1.29 is 29.4 Å². The first-order valence-corrected chi connectivity index (χ1v) is 13.7. The number of carbonyl (C=O) groups is 4. The van der Waals surface area contributed by atoms with Crippen molar-refractivity contribution in [2.24, 2.45) is 10.7 Å². The third-order valence-electron chi connectivity index (χ3n) is 6.96. The summed E-state index contributed by atoms with van der Waals surface area (Å²) < 4.78 is -0.739. The number of hydrogen-bond donors (Lipinski definition) is 5. The third-order valence-corrected chi connectivity index (χ3v) is 8.53. The molecule has 2 heterocycles. The van der Waals surface area contributed by atoms with E-state index in [2.05, 4.69) is 15.6 Å². The van der Waals surface area contributed by atoms with E-state index in [1.54, 1.807) is 13.8 Å². The Bertz CT molecular complexity index is 1330. The second kappa shape index (κ2) is 11.6. The lowest BCUT2D eigenvalue weighted by atomic mass is 9.95. The van der Waals surface area contributed by atoms with Crippen molar-refractivity contribution in [1.29, 1.82) is 0 Å². The molecule has 2 aliphatic heterocycles. The maximum Gasteiger partial charge on any atom is 0.327 e. The number of carboxylic acid groups (broad SMARTS) is 1. The highest BCUT2D eigenvalue weighted by Gasteiger charge is 2.64. The molecule has 4 rings (SSSR count). The molecule has 0 aromatic heterocycles. The molecule has 0 saturated carbocycles. The SMILES string of the molecule is Cc1ccc(CN=C(N)CCC(=O)NC(C(=O)N[C@@H]2C(=O)N3[C@@H]2SC(C)(C)[C@@H]3C(=O)O)c2ccc(O)cc2)cc1. The second-order valence-electron chi connectivity index (χ2n) is 10.5. The monoisotopic (exact) mass is 567 g/mol. The summed E-state index contributed by atoms with van der Waals surface area (Å²) in [5, 5.41) is 24.2. The molecule has 2 aromatic rings. The maximum absolute atomic E-state index is 13.4. The van der Waals surface area contributed by atoms with Crippen LogP contribution in [0.3, 0.4) is 0 Å². The van der Waals surface area contributed by atoms with E-state index in [1.165, 1.54) is 40.9 Å². The Kier molecular flexibility index (Phi) is 8.38. The zero-order chi connectivity index (χ0) is 29.2. The number of aryl methyl sites for hydroxylation is 1. The van der Waals surface area contributed by atoms with Crippen LogP contribution in [0.4, 0.5) is 0 Å². The van der Waals surface area contributed by atoms with Crippen LogP contribution in [0.5, 0.6) is 5.75 Å². The molecule has 0 spiro atoms. The van der Waals surface area contributed by atoms with Crippen LogP contribution in [0.1, 0.15) is 49.4 Å². The summed E-state index contributed by atoms with van der Waals surface area (Å²) in [4.78, 5) is 56.4. The standard InChI is InChI=1S/C28H33N5O6S/c1-15-4-6-16(7-5-15)14-30-19(29)12-13-20(35)31-21(17-8-10-18(34)11-9-17)24(36)32-22-25(37)33-23(27(38)39)28(2,3)40-26(22)33/h4-11,21-23,26,34H,12-14H2,1-3H3,(H2,29,30)(H,31,35)(H,32,36)(H,38,39)/t21?,22-,23+,26-/m1/s1. The fourth-order valence-electron chi connectivity index (χ4n) is 4.79. The molecular formula is C28H33N5O6S. The van der Waals surface area contributed by atoms with Gasteiger partial charge in [0.15, 0.2) is 0 Å². The number of nitrogens with two attached hydrogens (primary N) is 1. The van der Waals surface area contributed by atoms with Crippen LogP contribution in [-0.2, 0) is 25.7 Å². The summed E-state index contributed by atoms with van der Waals surface area (Å²) in [6, 6.07) is 10.6. The molecule has 2 fully saturated rings.